The predicted molar refractivity (Wildman–Crippen MR) is 100 cm³/mol. The summed E-state index contributed by atoms with van der Waals surface area (Å²) in [5.74, 6) is -0.457. The van der Waals surface area contributed by atoms with E-state index >= 15 is 0 Å². The van der Waals surface area contributed by atoms with Crippen LogP contribution in [0, 0.1) is 16.6 Å². The third-order valence-electron chi connectivity index (χ3n) is 4.32. The van der Waals surface area contributed by atoms with Gasteiger partial charge in [0.05, 0.1) is 18.5 Å². The molecule has 1 unspecified atom stereocenters. The van der Waals surface area contributed by atoms with Gasteiger partial charge in [0.25, 0.3) is 5.91 Å². The second-order valence-corrected chi connectivity index (χ2v) is 6.23. The van der Waals surface area contributed by atoms with Crippen molar-refractivity contribution in [3.8, 4) is 5.75 Å². The van der Waals surface area contributed by atoms with Crippen LogP contribution >= 0.6 is 0 Å². The zero-order chi connectivity index (χ0) is 19.4. The van der Waals surface area contributed by atoms with E-state index in [9.17, 15) is 9.18 Å². The molecule has 0 fully saturated rings. The van der Waals surface area contributed by atoms with Crippen molar-refractivity contribution < 1.29 is 13.9 Å². The fraction of sp³-hybridized carbons (Fsp3) is 0.263. The molecular formula is C19H20FN5O2. The van der Waals surface area contributed by atoms with Crippen LogP contribution in [0.2, 0.25) is 0 Å². The Kier molecular flexibility index (Phi) is 5.44. The standard InChI is InChI=1S/C19H20FN5O2/c1-12-4-3-9-27-16-10-13(20)7-8-14(16)19(26)24-17-6-2-5-15(23-17)18(22)25(12)11-21/h2,5-8,10-12,21-22H,3-4,9H2,1H3,(H,23,24,26). The van der Waals surface area contributed by atoms with Crippen LogP contribution in [0.3, 0.4) is 0 Å². The van der Waals surface area contributed by atoms with Gasteiger partial charge in [-0.2, -0.15) is 0 Å². The number of carbonyl (C=O) groups excluding carboxylic acids is 1. The Labute approximate surface area is 156 Å². The molecule has 1 aromatic carbocycles. The van der Waals surface area contributed by atoms with E-state index in [4.69, 9.17) is 15.6 Å². The van der Waals surface area contributed by atoms with Crippen LogP contribution in [-0.4, -0.2) is 40.6 Å². The van der Waals surface area contributed by atoms with Gasteiger partial charge < -0.3 is 15.0 Å². The Balaban J connectivity index is 2.00. The molecule has 2 aromatic rings. The third kappa shape index (κ3) is 4.11. The first kappa shape index (κ1) is 18.5. The number of rotatable bonds is 1. The molecule has 0 aliphatic carbocycles. The Bertz CT molecular complexity index is 886. The molecule has 1 amide bonds. The number of benzene rings is 1. The van der Waals surface area contributed by atoms with E-state index in [1.165, 1.54) is 23.1 Å². The van der Waals surface area contributed by atoms with Crippen molar-refractivity contribution in [3.63, 3.8) is 0 Å². The lowest BCUT2D eigenvalue weighted by Gasteiger charge is -2.27. The summed E-state index contributed by atoms with van der Waals surface area (Å²) in [6, 6.07) is 8.57. The second-order valence-electron chi connectivity index (χ2n) is 6.23. The summed E-state index contributed by atoms with van der Waals surface area (Å²) in [6.45, 7) is 2.20. The van der Waals surface area contributed by atoms with Crippen LogP contribution in [0.15, 0.2) is 36.4 Å². The topological polar surface area (TPSA) is 102 Å². The molecule has 1 aliphatic rings. The molecule has 1 aromatic heterocycles. The molecule has 140 valence electrons. The molecule has 2 bridgehead atoms. The second kappa shape index (κ2) is 7.94. The van der Waals surface area contributed by atoms with Crippen molar-refractivity contribution in [1.29, 1.82) is 10.8 Å². The minimum Gasteiger partial charge on any atom is -0.493 e. The Morgan fingerprint density at radius 2 is 2.19 bits per heavy atom. The number of ether oxygens (including phenoxy) is 1. The average Bonchev–Trinajstić information content (AvgIpc) is 2.65. The van der Waals surface area contributed by atoms with E-state index in [-0.39, 0.29) is 35.6 Å². The monoisotopic (exact) mass is 369 g/mol. The average molecular weight is 369 g/mol. The number of hydrogen-bond acceptors (Lipinski definition) is 5. The maximum Gasteiger partial charge on any atom is 0.260 e. The highest BCUT2D eigenvalue weighted by Gasteiger charge is 2.20. The van der Waals surface area contributed by atoms with Crippen molar-refractivity contribution in [2.45, 2.75) is 25.8 Å². The molecule has 8 heteroatoms. The maximum atomic E-state index is 13.6. The molecule has 1 aliphatic heterocycles. The fourth-order valence-electron chi connectivity index (χ4n) is 2.87. The van der Waals surface area contributed by atoms with Gasteiger partial charge in [-0.3, -0.25) is 15.6 Å². The normalized spacial score (nSPS) is 18.0. The molecule has 27 heavy (non-hydrogen) atoms. The molecule has 7 nitrogen and oxygen atoms in total. The lowest BCUT2D eigenvalue weighted by atomic mass is 10.1. The van der Waals surface area contributed by atoms with E-state index in [2.05, 4.69) is 10.3 Å². The molecule has 1 atom stereocenters. The van der Waals surface area contributed by atoms with E-state index in [0.29, 0.717) is 18.5 Å². The van der Waals surface area contributed by atoms with Crippen LogP contribution in [0.5, 0.6) is 5.75 Å². The number of amides is 1. The Hall–Kier alpha value is -3.29. The van der Waals surface area contributed by atoms with Gasteiger partial charge in [-0.05, 0) is 44.0 Å². The molecule has 0 saturated heterocycles. The van der Waals surface area contributed by atoms with Gasteiger partial charge in [0, 0.05) is 12.1 Å². The van der Waals surface area contributed by atoms with Gasteiger partial charge in [-0.15, -0.1) is 0 Å². The van der Waals surface area contributed by atoms with E-state index in [1.54, 1.807) is 18.2 Å². The van der Waals surface area contributed by atoms with E-state index in [1.807, 2.05) is 6.92 Å². The SMILES string of the molecule is CC1CCCOc2cc(F)ccc2C(=O)Nc2cccc(n2)C(=N)N1C=N. The number of amidine groups is 1. The van der Waals surface area contributed by atoms with Crippen LogP contribution in [-0.2, 0) is 0 Å². The van der Waals surface area contributed by atoms with Crippen LogP contribution in [0.1, 0.15) is 35.8 Å². The molecule has 0 spiro atoms. The van der Waals surface area contributed by atoms with Crippen LogP contribution in [0.4, 0.5) is 10.2 Å². The Morgan fingerprint density at radius 1 is 1.37 bits per heavy atom. The van der Waals surface area contributed by atoms with Crippen molar-refractivity contribution in [2.24, 2.45) is 0 Å². The predicted octanol–water partition coefficient (Wildman–Crippen LogP) is 3.27. The Morgan fingerprint density at radius 3 is 2.96 bits per heavy atom. The smallest absolute Gasteiger partial charge is 0.260 e. The molecular weight excluding hydrogens is 349 g/mol. The van der Waals surface area contributed by atoms with Crippen LogP contribution in [0.25, 0.3) is 0 Å². The molecule has 2 heterocycles. The maximum absolute atomic E-state index is 13.6. The molecule has 0 saturated carbocycles. The van der Waals surface area contributed by atoms with Gasteiger partial charge in [-0.1, -0.05) is 6.07 Å². The quantitative estimate of drug-likeness (QED) is 0.530. The number of nitrogens with zero attached hydrogens (tertiary/aromatic N) is 2. The van der Waals surface area contributed by atoms with Crippen molar-refractivity contribution in [3.05, 3.63) is 53.5 Å². The summed E-state index contributed by atoms with van der Waals surface area (Å²) in [6.07, 6.45) is 2.36. The number of hydrogen-bond donors (Lipinski definition) is 3. The number of carbonyl (C=O) groups is 1. The van der Waals surface area contributed by atoms with Crippen LogP contribution < -0.4 is 10.1 Å². The van der Waals surface area contributed by atoms with E-state index in [0.717, 1.165) is 6.34 Å². The first-order chi connectivity index (χ1) is 13.0. The summed E-state index contributed by atoms with van der Waals surface area (Å²) in [5, 5.41) is 18.6. The number of anilines is 1. The molecule has 3 N–H and O–H groups in total. The largest absolute Gasteiger partial charge is 0.493 e. The molecule has 3 rings (SSSR count). The van der Waals surface area contributed by atoms with E-state index < -0.39 is 11.7 Å². The number of nitrogens with one attached hydrogen (secondary N) is 3. The van der Waals surface area contributed by atoms with Gasteiger partial charge in [-0.25, -0.2) is 9.37 Å². The minimum atomic E-state index is -0.486. The lowest BCUT2D eigenvalue weighted by Crippen LogP contribution is -2.38. The summed E-state index contributed by atoms with van der Waals surface area (Å²) in [7, 11) is 0. The highest BCUT2D eigenvalue weighted by Crippen LogP contribution is 2.22. The number of fused-ring (bicyclic) bond motifs is 3. The third-order valence-corrected chi connectivity index (χ3v) is 4.32. The summed E-state index contributed by atoms with van der Waals surface area (Å²) in [4.78, 5) is 18.4. The van der Waals surface area contributed by atoms with Gasteiger partial charge in [0.2, 0.25) is 0 Å². The summed E-state index contributed by atoms with van der Waals surface area (Å²) >= 11 is 0. The van der Waals surface area contributed by atoms with Gasteiger partial charge in [0.15, 0.2) is 5.84 Å². The highest BCUT2D eigenvalue weighted by molar-refractivity contribution is 6.06. The summed E-state index contributed by atoms with van der Waals surface area (Å²) < 4.78 is 19.2. The first-order valence-electron chi connectivity index (χ1n) is 8.58. The van der Waals surface area contributed by atoms with Gasteiger partial charge >= 0.3 is 0 Å². The van der Waals surface area contributed by atoms with Crippen molar-refractivity contribution >= 4 is 23.9 Å². The first-order valence-corrected chi connectivity index (χ1v) is 8.58. The van der Waals surface area contributed by atoms with Crippen molar-refractivity contribution in [1.82, 2.24) is 9.88 Å². The minimum absolute atomic E-state index is 0.0778. The number of pyridine rings is 1. The molecule has 0 radical (unpaired) electrons. The van der Waals surface area contributed by atoms with Crippen molar-refractivity contribution in [2.75, 3.05) is 11.9 Å². The summed E-state index contributed by atoms with van der Waals surface area (Å²) in [5.41, 5.74) is 0.556. The number of halogens is 1. The lowest BCUT2D eigenvalue weighted by molar-refractivity contribution is 0.102. The fourth-order valence-corrected chi connectivity index (χ4v) is 2.87. The van der Waals surface area contributed by atoms with Gasteiger partial charge in [0.1, 0.15) is 23.1 Å². The number of aromatic nitrogens is 1. The zero-order valence-corrected chi connectivity index (χ0v) is 14.8. The highest BCUT2D eigenvalue weighted by atomic mass is 19.1. The zero-order valence-electron chi connectivity index (χ0n) is 14.8.